The second kappa shape index (κ2) is 8.86. The molecule has 0 radical (unpaired) electrons. The highest BCUT2D eigenvalue weighted by atomic mass is 16.6. The van der Waals surface area contributed by atoms with Gasteiger partial charge in [-0.2, -0.15) is 4.90 Å². The van der Waals surface area contributed by atoms with Crippen LogP contribution in [-0.2, 0) is 19.0 Å². The lowest BCUT2D eigenvalue weighted by molar-refractivity contribution is -0.147. The largest absolute Gasteiger partial charge is 0.467 e. The molecule has 24 heavy (non-hydrogen) atoms. The Morgan fingerprint density at radius 1 is 0.958 bits per heavy atom. The van der Waals surface area contributed by atoms with Crippen LogP contribution in [0.3, 0.4) is 0 Å². The fraction of sp³-hybridized carbons (Fsp3) is 0.812. The lowest BCUT2D eigenvalue weighted by atomic mass is 10.1. The molecule has 0 aliphatic carbocycles. The molecule has 0 aliphatic rings. The van der Waals surface area contributed by atoms with Crippen LogP contribution in [0.1, 0.15) is 54.4 Å². The topological polar surface area (TPSA) is 102 Å². The number of aliphatic hydroxyl groups excluding tert-OH is 1. The number of esters is 1. The molecule has 0 rings (SSSR count). The van der Waals surface area contributed by atoms with Gasteiger partial charge in [0.25, 0.3) is 0 Å². The number of carbonyl (C=O) groups is 3. The summed E-state index contributed by atoms with van der Waals surface area (Å²) in [5.41, 5.74) is -1.73. The Kier molecular flexibility index (Phi) is 8.19. The van der Waals surface area contributed by atoms with Crippen molar-refractivity contribution >= 4 is 18.2 Å². The Bertz CT molecular complexity index is 420. The summed E-state index contributed by atoms with van der Waals surface area (Å²) in [6.07, 6.45) is -1.79. The Hall–Kier alpha value is -1.83. The predicted molar refractivity (Wildman–Crippen MR) is 86.4 cm³/mol. The Morgan fingerprint density at radius 3 is 1.67 bits per heavy atom. The number of aliphatic hydroxyl groups is 1. The first kappa shape index (κ1) is 22.2. The maximum absolute atomic E-state index is 12.4. The van der Waals surface area contributed by atoms with Gasteiger partial charge < -0.3 is 19.3 Å². The van der Waals surface area contributed by atoms with Crippen molar-refractivity contribution < 1.29 is 33.7 Å². The van der Waals surface area contributed by atoms with Crippen molar-refractivity contribution in [2.24, 2.45) is 0 Å². The summed E-state index contributed by atoms with van der Waals surface area (Å²) < 4.78 is 15.1. The van der Waals surface area contributed by atoms with E-state index in [4.69, 9.17) is 14.6 Å². The lowest BCUT2D eigenvalue weighted by Gasteiger charge is -2.32. The van der Waals surface area contributed by atoms with Crippen LogP contribution in [0.25, 0.3) is 0 Å². The SMILES string of the molecule is COC(=O)[C@@H](CCCO)N(C(=O)OC(C)(C)C)C(=O)OC(C)(C)C. The number of amides is 2. The van der Waals surface area contributed by atoms with Crippen LogP contribution in [-0.4, -0.2) is 59.1 Å². The highest BCUT2D eigenvalue weighted by molar-refractivity contribution is 5.94. The standard InChI is InChI=1S/C16H29NO7/c1-15(2,3)23-13(20)17(14(21)24-16(4,5)6)11(9-8-10-18)12(19)22-7/h11,18H,8-10H2,1-7H3/t11-/m1/s1. The number of imide groups is 1. The van der Waals surface area contributed by atoms with Crippen molar-refractivity contribution in [2.75, 3.05) is 13.7 Å². The first-order chi connectivity index (χ1) is 10.8. The van der Waals surface area contributed by atoms with E-state index < -0.39 is 35.4 Å². The molecule has 8 heteroatoms. The quantitative estimate of drug-likeness (QED) is 0.602. The van der Waals surface area contributed by atoms with Crippen LogP contribution in [0.4, 0.5) is 9.59 Å². The van der Waals surface area contributed by atoms with E-state index in [-0.39, 0.29) is 19.4 Å². The lowest BCUT2D eigenvalue weighted by Crippen LogP contribution is -2.52. The number of hydrogen-bond donors (Lipinski definition) is 1. The summed E-state index contributed by atoms with van der Waals surface area (Å²) >= 11 is 0. The van der Waals surface area contributed by atoms with E-state index in [0.29, 0.717) is 4.90 Å². The number of carbonyl (C=O) groups excluding carboxylic acids is 3. The van der Waals surface area contributed by atoms with Crippen LogP contribution >= 0.6 is 0 Å². The highest BCUT2D eigenvalue weighted by Gasteiger charge is 2.40. The van der Waals surface area contributed by atoms with Gasteiger partial charge in [-0.1, -0.05) is 0 Å². The molecule has 0 aromatic carbocycles. The molecular weight excluding hydrogens is 318 g/mol. The summed E-state index contributed by atoms with van der Waals surface area (Å²) in [7, 11) is 1.15. The van der Waals surface area contributed by atoms with Gasteiger partial charge in [0.2, 0.25) is 0 Å². The minimum atomic E-state index is -1.24. The fourth-order valence-corrected chi connectivity index (χ4v) is 1.72. The molecular formula is C16H29NO7. The van der Waals surface area contributed by atoms with E-state index in [9.17, 15) is 14.4 Å². The molecule has 0 saturated carbocycles. The molecule has 0 saturated heterocycles. The molecule has 0 aromatic rings. The first-order valence-corrected chi connectivity index (χ1v) is 7.76. The van der Waals surface area contributed by atoms with Gasteiger partial charge in [0.05, 0.1) is 7.11 Å². The fourth-order valence-electron chi connectivity index (χ4n) is 1.72. The van der Waals surface area contributed by atoms with E-state index in [1.165, 1.54) is 0 Å². The average molecular weight is 347 g/mol. The third-order valence-corrected chi connectivity index (χ3v) is 2.60. The predicted octanol–water partition coefficient (Wildman–Crippen LogP) is 2.47. The van der Waals surface area contributed by atoms with Crippen molar-refractivity contribution in [3.63, 3.8) is 0 Å². The number of ether oxygens (including phenoxy) is 3. The molecule has 140 valence electrons. The maximum Gasteiger partial charge on any atom is 0.420 e. The second-order valence-corrected chi connectivity index (χ2v) is 7.24. The normalized spacial score (nSPS) is 13.0. The van der Waals surface area contributed by atoms with Crippen LogP contribution in [0.2, 0.25) is 0 Å². The maximum atomic E-state index is 12.4. The van der Waals surface area contributed by atoms with Crippen molar-refractivity contribution in [3.8, 4) is 0 Å². The smallest absolute Gasteiger partial charge is 0.420 e. The van der Waals surface area contributed by atoms with Crippen molar-refractivity contribution in [1.82, 2.24) is 4.90 Å². The monoisotopic (exact) mass is 347 g/mol. The Balaban J connectivity index is 5.65. The third kappa shape index (κ3) is 8.14. The molecule has 0 aliphatic heterocycles. The molecule has 0 bridgehead atoms. The zero-order chi connectivity index (χ0) is 19.1. The molecule has 0 fully saturated rings. The van der Waals surface area contributed by atoms with Gasteiger partial charge in [-0.25, -0.2) is 14.4 Å². The minimum Gasteiger partial charge on any atom is -0.467 e. The highest BCUT2D eigenvalue weighted by Crippen LogP contribution is 2.19. The van der Waals surface area contributed by atoms with E-state index >= 15 is 0 Å². The van der Waals surface area contributed by atoms with Crippen molar-refractivity contribution in [2.45, 2.75) is 71.6 Å². The van der Waals surface area contributed by atoms with Crippen molar-refractivity contribution in [1.29, 1.82) is 0 Å². The molecule has 0 aromatic heterocycles. The van der Waals surface area contributed by atoms with Gasteiger partial charge in [0.1, 0.15) is 17.2 Å². The zero-order valence-corrected chi connectivity index (χ0v) is 15.5. The molecule has 1 N–H and O–H groups in total. The van der Waals surface area contributed by atoms with Crippen LogP contribution in [0.15, 0.2) is 0 Å². The third-order valence-electron chi connectivity index (χ3n) is 2.60. The van der Waals surface area contributed by atoms with Gasteiger partial charge in [0.15, 0.2) is 0 Å². The molecule has 0 heterocycles. The zero-order valence-electron chi connectivity index (χ0n) is 15.5. The summed E-state index contributed by atoms with van der Waals surface area (Å²) in [5, 5.41) is 9.00. The van der Waals surface area contributed by atoms with Gasteiger partial charge in [0, 0.05) is 6.61 Å². The summed E-state index contributed by atoms with van der Waals surface area (Å²) in [6.45, 7) is 9.62. The summed E-state index contributed by atoms with van der Waals surface area (Å²) in [5.74, 6) is -0.792. The van der Waals surface area contributed by atoms with Crippen LogP contribution < -0.4 is 0 Å². The molecule has 0 spiro atoms. The van der Waals surface area contributed by atoms with E-state index in [2.05, 4.69) is 4.74 Å². The molecule has 2 amide bonds. The Morgan fingerprint density at radius 2 is 1.38 bits per heavy atom. The molecule has 0 unspecified atom stereocenters. The van der Waals surface area contributed by atoms with Crippen molar-refractivity contribution in [3.05, 3.63) is 0 Å². The summed E-state index contributed by atoms with van der Waals surface area (Å²) in [4.78, 5) is 37.5. The van der Waals surface area contributed by atoms with E-state index in [1.54, 1.807) is 41.5 Å². The average Bonchev–Trinajstić information content (AvgIpc) is 2.38. The second-order valence-electron chi connectivity index (χ2n) is 7.24. The van der Waals surface area contributed by atoms with Crippen LogP contribution in [0.5, 0.6) is 0 Å². The molecule has 8 nitrogen and oxygen atoms in total. The number of rotatable bonds is 5. The van der Waals surface area contributed by atoms with Gasteiger partial charge in [-0.15, -0.1) is 0 Å². The Labute approximate surface area is 143 Å². The van der Waals surface area contributed by atoms with Crippen LogP contribution in [0, 0.1) is 0 Å². The minimum absolute atomic E-state index is 0.0294. The molecule has 1 atom stereocenters. The summed E-state index contributed by atoms with van der Waals surface area (Å²) in [6, 6.07) is -1.24. The number of methoxy groups -OCH3 is 1. The first-order valence-electron chi connectivity index (χ1n) is 7.76. The van der Waals surface area contributed by atoms with Gasteiger partial charge in [-0.05, 0) is 54.4 Å². The van der Waals surface area contributed by atoms with Gasteiger partial charge in [-0.3, -0.25) is 0 Å². The van der Waals surface area contributed by atoms with E-state index in [1.807, 2.05) is 0 Å². The number of hydrogen-bond acceptors (Lipinski definition) is 7. The number of nitrogens with zero attached hydrogens (tertiary/aromatic N) is 1. The van der Waals surface area contributed by atoms with E-state index in [0.717, 1.165) is 7.11 Å². The van der Waals surface area contributed by atoms with Gasteiger partial charge >= 0.3 is 18.2 Å².